The van der Waals surface area contributed by atoms with Gasteiger partial charge in [0.25, 0.3) is 0 Å². The molecule has 0 fully saturated rings. The maximum Gasteiger partial charge on any atom is 0.213 e. The number of pyridine rings is 1. The molecule has 0 saturated heterocycles. The first-order valence-corrected chi connectivity index (χ1v) is 6.63. The van der Waals surface area contributed by atoms with Crippen LogP contribution in [0.25, 0.3) is 10.9 Å². The topological polar surface area (TPSA) is 49.9 Å². The number of nitrogens with one attached hydrogen (secondary N) is 2. The zero-order valence-corrected chi connectivity index (χ0v) is 11.7. The lowest BCUT2D eigenvalue weighted by molar-refractivity contribution is 0.398. The van der Waals surface area contributed by atoms with Crippen LogP contribution in [0.3, 0.4) is 0 Å². The molecule has 2 heterocycles. The van der Waals surface area contributed by atoms with Crippen LogP contribution >= 0.6 is 11.6 Å². The van der Waals surface area contributed by atoms with E-state index in [1.54, 1.807) is 13.3 Å². The van der Waals surface area contributed by atoms with E-state index in [2.05, 4.69) is 15.3 Å². The largest absolute Gasteiger partial charge is 0.481 e. The number of ether oxygens (including phenoxy) is 1. The fourth-order valence-corrected chi connectivity index (χ4v) is 2.28. The van der Waals surface area contributed by atoms with Crippen LogP contribution in [0.1, 0.15) is 5.56 Å². The van der Waals surface area contributed by atoms with Gasteiger partial charge in [0.15, 0.2) is 0 Å². The average Bonchev–Trinajstić information content (AvgIpc) is 2.88. The van der Waals surface area contributed by atoms with Crippen molar-refractivity contribution in [2.45, 2.75) is 6.54 Å². The number of halogens is 1. The number of hydrogen-bond acceptors (Lipinski definition) is 3. The number of aromatic nitrogens is 2. The second kappa shape index (κ2) is 5.43. The summed E-state index contributed by atoms with van der Waals surface area (Å²) in [5.74, 6) is 0.609. The summed E-state index contributed by atoms with van der Waals surface area (Å²) in [5, 5.41) is 5.24. The second-order valence-corrected chi connectivity index (χ2v) is 4.88. The monoisotopic (exact) mass is 287 g/mol. The molecule has 0 aliphatic carbocycles. The molecule has 0 unspecified atom stereocenters. The number of H-pyrrole nitrogens is 1. The van der Waals surface area contributed by atoms with Crippen LogP contribution in [0.4, 0.5) is 5.69 Å². The van der Waals surface area contributed by atoms with E-state index < -0.39 is 0 Å². The molecule has 0 aliphatic rings. The van der Waals surface area contributed by atoms with E-state index in [1.807, 2.05) is 36.5 Å². The van der Waals surface area contributed by atoms with Crippen molar-refractivity contribution in [3.05, 3.63) is 53.3 Å². The van der Waals surface area contributed by atoms with E-state index in [-0.39, 0.29) is 0 Å². The number of fused-ring (bicyclic) bond motifs is 1. The Bertz CT molecular complexity index is 722. The number of rotatable bonds is 4. The van der Waals surface area contributed by atoms with Crippen LogP contribution in [0.2, 0.25) is 5.02 Å². The van der Waals surface area contributed by atoms with Crippen molar-refractivity contribution < 1.29 is 4.74 Å². The Morgan fingerprint density at radius 3 is 2.95 bits per heavy atom. The molecule has 0 aliphatic heterocycles. The third-order valence-corrected chi connectivity index (χ3v) is 3.39. The van der Waals surface area contributed by atoms with Gasteiger partial charge in [-0.05, 0) is 23.8 Å². The van der Waals surface area contributed by atoms with Crippen molar-refractivity contribution in [2.24, 2.45) is 0 Å². The Labute approximate surface area is 121 Å². The summed E-state index contributed by atoms with van der Waals surface area (Å²) in [4.78, 5) is 7.38. The molecule has 5 heteroatoms. The normalized spacial score (nSPS) is 10.7. The Hall–Kier alpha value is -2.20. The molecule has 0 atom stereocenters. The predicted molar refractivity (Wildman–Crippen MR) is 81.4 cm³/mol. The Balaban J connectivity index is 1.76. The Morgan fingerprint density at radius 2 is 2.20 bits per heavy atom. The minimum atomic E-state index is 0.609. The Kier molecular flexibility index (Phi) is 3.48. The zero-order valence-electron chi connectivity index (χ0n) is 11.0. The number of nitrogens with zero attached hydrogens (tertiary/aromatic N) is 1. The molecule has 2 N–H and O–H groups in total. The van der Waals surface area contributed by atoms with Crippen molar-refractivity contribution in [1.29, 1.82) is 0 Å². The molecule has 0 amide bonds. The van der Waals surface area contributed by atoms with Gasteiger partial charge >= 0.3 is 0 Å². The van der Waals surface area contributed by atoms with Gasteiger partial charge < -0.3 is 15.0 Å². The fraction of sp³-hybridized carbons (Fsp3) is 0.133. The van der Waals surface area contributed by atoms with E-state index >= 15 is 0 Å². The summed E-state index contributed by atoms with van der Waals surface area (Å²) in [6.45, 7) is 0.718. The van der Waals surface area contributed by atoms with Gasteiger partial charge in [-0.25, -0.2) is 4.98 Å². The third kappa shape index (κ3) is 2.56. The summed E-state index contributed by atoms with van der Waals surface area (Å²) < 4.78 is 5.03. The summed E-state index contributed by atoms with van der Waals surface area (Å²) >= 11 is 5.97. The highest BCUT2D eigenvalue weighted by molar-refractivity contribution is 6.31. The highest BCUT2D eigenvalue weighted by Gasteiger charge is 2.04. The van der Waals surface area contributed by atoms with E-state index in [4.69, 9.17) is 16.3 Å². The number of benzene rings is 1. The van der Waals surface area contributed by atoms with Crippen LogP contribution < -0.4 is 10.1 Å². The van der Waals surface area contributed by atoms with Crippen LogP contribution in [-0.4, -0.2) is 17.1 Å². The van der Waals surface area contributed by atoms with Crippen molar-refractivity contribution in [3.63, 3.8) is 0 Å². The lowest BCUT2D eigenvalue weighted by Gasteiger charge is -2.06. The molecule has 3 rings (SSSR count). The summed E-state index contributed by atoms with van der Waals surface area (Å²) in [7, 11) is 1.60. The van der Waals surface area contributed by atoms with E-state index in [9.17, 15) is 0 Å². The molecule has 20 heavy (non-hydrogen) atoms. The third-order valence-electron chi connectivity index (χ3n) is 3.16. The molecule has 0 saturated carbocycles. The summed E-state index contributed by atoms with van der Waals surface area (Å²) in [6.07, 6.45) is 3.75. The van der Waals surface area contributed by atoms with Gasteiger partial charge in [0.05, 0.1) is 19.0 Å². The summed E-state index contributed by atoms with van der Waals surface area (Å²) in [6, 6.07) is 9.62. The predicted octanol–water partition coefficient (Wildman–Crippen LogP) is 3.84. The molecule has 102 valence electrons. The molecule has 4 nitrogen and oxygen atoms in total. The molecule has 0 bridgehead atoms. The van der Waals surface area contributed by atoms with Gasteiger partial charge in [0.2, 0.25) is 5.88 Å². The molecular formula is C15H14ClN3O. The molecule has 0 spiro atoms. The van der Waals surface area contributed by atoms with Gasteiger partial charge in [-0.3, -0.25) is 0 Å². The molecular weight excluding hydrogens is 274 g/mol. The maximum absolute atomic E-state index is 5.97. The molecule has 1 aromatic carbocycles. The van der Waals surface area contributed by atoms with Crippen LogP contribution in [-0.2, 0) is 6.54 Å². The van der Waals surface area contributed by atoms with Crippen LogP contribution in [0.15, 0.2) is 42.7 Å². The van der Waals surface area contributed by atoms with Crippen molar-refractivity contribution in [2.75, 3.05) is 12.4 Å². The van der Waals surface area contributed by atoms with Crippen LogP contribution in [0, 0.1) is 0 Å². The smallest absolute Gasteiger partial charge is 0.213 e. The number of aromatic amines is 1. The molecule has 2 aromatic heterocycles. The first-order valence-electron chi connectivity index (χ1n) is 6.26. The lowest BCUT2D eigenvalue weighted by Crippen LogP contribution is -1.99. The fourth-order valence-electron chi connectivity index (χ4n) is 2.11. The highest BCUT2D eigenvalue weighted by Crippen LogP contribution is 2.23. The van der Waals surface area contributed by atoms with Crippen LogP contribution in [0.5, 0.6) is 5.88 Å². The van der Waals surface area contributed by atoms with Crippen molar-refractivity contribution in [1.82, 2.24) is 9.97 Å². The van der Waals surface area contributed by atoms with E-state index in [1.165, 1.54) is 10.9 Å². The Morgan fingerprint density at radius 1 is 1.30 bits per heavy atom. The van der Waals surface area contributed by atoms with Gasteiger partial charge in [0, 0.05) is 34.7 Å². The molecule has 0 radical (unpaired) electrons. The van der Waals surface area contributed by atoms with E-state index in [0.29, 0.717) is 5.88 Å². The first kappa shape index (κ1) is 12.8. The van der Waals surface area contributed by atoms with Gasteiger partial charge in [-0.15, -0.1) is 0 Å². The standard InChI is InChI=1S/C15H14ClN3O/c1-20-15-5-3-12(9-19-15)17-7-10-8-18-14-6-11(16)2-4-13(10)14/h2-6,8-9,17-18H,7H2,1H3. The first-order chi connectivity index (χ1) is 9.76. The number of hydrogen-bond donors (Lipinski definition) is 2. The minimum absolute atomic E-state index is 0.609. The van der Waals surface area contributed by atoms with Crippen molar-refractivity contribution in [3.8, 4) is 5.88 Å². The van der Waals surface area contributed by atoms with Gasteiger partial charge in [-0.2, -0.15) is 0 Å². The van der Waals surface area contributed by atoms with E-state index in [0.717, 1.165) is 22.8 Å². The van der Waals surface area contributed by atoms with Crippen molar-refractivity contribution >= 4 is 28.2 Å². The lowest BCUT2D eigenvalue weighted by atomic mass is 10.2. The maximum atomic E-state index is 5.97. The minimum Gasteiger partial charge on any atom is -0.481 e. The average molecular weight is 288 g/mol. The SMILES string of the molecule is COc1ccc(NCc2c[nH]c3cc(Cl)ccc23)cn1. The summed E-state index contributed by atoms with van der Waals surface area (Å²) in [5.41, 5.74) is 3.18. The highest BCUT2D eigenvalue weighted by atomic mass is 35.5. The molecule has 3 aromatic rings. The quantitative estimate of drug-likeness (QED) is 0.766. The number of anilines is 1. The zero-order chi connectivity index (χ0) is 13.9. The second-order valence-electron chi connectivity index (χ2n) is 4.45. The van der Waals surface area contributed by atoms with Gasteiger partial charge in [0.1, 0.15) is 0 Å². The number of methoxy groups -OCH3 is 1. The van der Waals surface area contributed by atoms with Gasteiger partial charge in [-0.1, -0.05) is 17.7 Å².